The van der Waals surface area contributed by atoms with Gasteiger partial charge in [-0.1, -0.05) is 18.2 Å². The van der Waals surface area contributed by atoms with Gasteiger partial charge < -0.3 is 14.8 Å². The highest BCUT2D eigenvalue weighted by atomic mass is 32.2. The van der Waals surface area contributed by atoms with Crippen LogP contribution >= 0.6 is 0 Å². The van der Waals surface area contributed by atoms with Crippen molar-refractivity contribution in [3.63, 3.8) is 0 Å². The standard InChI is InChI=1S/C24H32N2O5S/c1-30-22-10-4-3-8-19(22)9-7-15-25-24(27)14-11-20-18-21(12-13-23(20)31-2)32(28,29)26-16-5-6-17-26/h3-4,8,10,12-13,18H,5-7,9,11,14-17H2,1-2H3,(H,25,27). The van der Waals surface area contributed by atoms with Crippen molar-refractivity contribution in [3.05, 3.63) is 53.6 Å². The Morgan fingerprint density at radius 1 is 0.969 bits per heavy atom. The first kappa shape index (κ1) is 24.1. The summed E-state index contributed by atoms with van der Waals surface area (Å²) in [6.45, 7) is 1.68. The van der Waals surface area contributed by atoms with Crippen molar-refractivity contribution in [2.75, 3.05) is 33.9 Å². The average molecular weight is 461 g/mol. The monoisotopic (exact) mass is 460 g/mol. The lowest BCUT2D eigenvalue weighted by molar-refractivity contribution is -0.121. The second-order valence-electron chi connectivity index (χ2n) is 7.85. The zero-order chi connectivity index (χ0) is 23.0. The smallest absolute Gasteiger partial charge is 0.243 e. The van der Waals surface area contributed by atoms with Crippen LogP contribution in [0.15, 0.2) is 47.4 Å². The molecule has 0 bridgehead atoms. The third-order valence-corrected chi connectivity index (χ3v) is 7.61. The highest BCUT2D eigenvalue weighted by Gasteiger charge is 2.27. The van der Waals surface area contributed by atoms with Crippen LogP contribution in [0.25, 0.3) is 0 Å². The van der Waals surface area contributed by atoms with Gasteiger partial charge >= 0.3 is 0 Å². The summed E-state index contributed by atoms with van der Waals surface area (Å²) in [6.07, 6.45) is 4.07. The molecule has 2 aromatic carbocycles. The molecule has 174 valence electrons. The zero-order valence-corrected chi connectivity index (χ0v) is 19.6. The molecule has 8 heteroatoms. The van der Waals surface area contributed by atoms with Crippen LogP contribution in [-0.4, -0.2) is 52.5 Å². The molecule has 1 saturated heterocycles. The van der Waals surface area contributed by atoms with Gasteiger partial charge in [-0.05, 0) is 67.5 Å². The Labute approximate surface area is 190 Å². The molecule has 0 saturated carbocycles. The van der Waals surface area contributed by atoms with Crippen LogP contribution in [0.3, 0.4) is 0 Å². The van der Waals surface area contributed by atoms with E-state index < -0.39 is 10.0 Å². The maximum Gasteiger partial charge on any atom is 0.243 e. The third kappa shape index (κ3) is 6.01. The van der Waals surface area contributed by atoms with Crippen molar-refractivity contribution in [2.24, 2.45) is 0 Å². The van der Waals surface area contributed by atoms with E-state index in [1.54, 1.807) is 32.4 Å². The fraction of sp³-hybridized carbons (Fsp3) is 0.458. The Hall–Kier alpha value is -2.58. The molecular formula is C24H32N2O5S. The van der Waals surface area contributed by atoms with Gasteiger partial charge in [0, 0.05) is 26.1 Å². The summed E-state index contributed by atoms with van der Waals surface area (Å²) in [5.41, 5.74) is 1.84. The van der Waals surface area contributed by atoms with E-state index >= 15 is 0 Å². The molecule has 7 nitrogen and oxygen atoms in total. The van der Waals surface area contributed by atoms with Crippen molar-refractivity contribution >= 4 is 15.9 Å². The Balaban J connectivity index is 1.53. The van der Waals surface area contributed by atoms with E-state index in [4.69, 9.17) is 9.47 Å². The van der Waals surface area contributed by atoms with Crippen LogP contribution in [-0.2, 0) is 27.7 Å². The van der Waals surface area contributed by atoms with Crippen LogP contribution in [0, 0.1) is 0 Å². The second kappa shape index (κ2) is 11.3. The van der Waals surface area contributed by atoms with Gasteiger partial charge in [0.2, 0.25) is 15.9 Å². The molecule has 0 unspecified atom stereocenters. The van der Waals surface area contributed by atoms with E-state index in [2.05, 4.69) is 5.32 Å². The Morgan fingerprint density at radius 2 is 1.66 bits per heavy atom. The molecule has 1 amide bonds. The molecule has 1 aliphatic rings. The minimum absolute atomic E-state index is 0.0696. The Kier molecular flexibility index (Phi) is 8.53. The summed E-state index contributed by atoms with van der Waals surface area (Å²) in [7, 11) is -0.307. The molecule has 2 aromatic rings. The molecular weight excluding hydrogens is 428 g/mol. The van der Waals surface area contributed by atoms with Crippen LogP contribution < -0.4 is 14.8 Å². The summed E-state index contributed by atoms with van der Waals surface area (Å²) in [4.78, 5) is 12.6. The van der Waals surface area contributed by atoms with Crippen LogP contribution in [0.2, 0.25) is 0 Å². The van der Waals surface area contributed by atoms with Gasteiger partial charge in [0.1, 0.15) is 11.5 Å². The number of nitrogens with one attached hydrogen (secondary N) is 1. The molecule has 0 aliphatic carbocycles. The molecule has 3 rings (SSSR count). The normalized spacial score (nSPS) is 14.3. The summed E-state index contributed by atoms with van der Waals surface area (Å²) >= 11 is 0. The summed E-state index contributed by atoms with van der Waals surface area (Å²) in [6, 6.07) is 12.7. The topological polar surface area (TPSA) is 84.9 Å². The van der Waals surface area contributed by atoms with Crippen molar-refractivity contribution in [3.8, 4) is 11.5 Å². The quantitative estimate of drug-likeness (QED) is 0.521. The highest BCUT2D eigenvalue weighted by Crippen LogP contribution is 2.27. The van der Waals surface area contributed by atoms with Gasteiger partial charge in [0.05, 0.1) is 19.1 Å². The molecule has 0 spiro atoms. The summed E-state index contributed by atoms with van der Waals surface area (Å²) in [5.74, 6) is 1.38. The number of carbonyl (C=O) groups is 1. The average Bonchev–Trinajstić information content (AvgIpc) is 3.36. The molecule has 0 atom stereocenters. The van der Waals surface area contributed by atoms with Crippen LogP contribution in [0.1, 0.15) is 36.8 Å². The number of benzene rings is 2. The lowest BCUT2D eigenvalue weighted by atomic mass is 10.1. The number of aryl methyl sites for hydroxylation is 2. The van der Waals surface area contributed by atoms with Gasteiger partial charge in [0.15, 0.2) is 0 Å². The third-order valence-electron chi connectivity index (χ3n) is 5.71. The minimum atomic E-state index is -3.51. The van der Waals surface area contributed by atoms with Crippen molar-refractivity contribution in [1.82, 2.24) is 9.62 Å². The maximum absolute atomic E-state index is 12.9. The van der Waals surface area contributed by atoms with Crippen LogP contribution in [0.4, 0.5) is 0 Å². The van der Waals surface area contributed by atoms with E-state index in [1.165, 1.54) is 4.31 Å². The van der Waals surface area contributed by atoms with Crippen molar-refractivity contribution in [2.45, 2.75) is 43.4 Å². The molecule has 1 N–H and O–H groups in total. The number of para-hydroxylation sites is 1. The van der Waals surface area contributed by atoms with Crippen LogP contribution in [0.5, 0.6) is 11.5 Å². The molecule has 1 heterocycles. The fourth-order valence-corrected chi connectivity index (χ4v) is 5.51. The molecule has 1 aliphatic heterocycles. The van der Waals surface area contributed by atoms with E-state index in [1.807, 2.05) is 24.3 Å². The number of hydrogen-bond acceptors (Lipinski definition) is 5. The first-order chi connectivity index (χ1) is 15.5. The number of hydrogen-bond donors (Lipinski definition) is 1. The van der Waals surface area contributed by atoms with E-state index in [9.17, 15) is 13.2 Å². The highest BCUT2D eigenvalue weighted by molar-refractivity contribution is 7.89. The predicted octanol–water partition coefficient (Wildman–Crippen LogP) is 3.17. The van der Waals surface area contributed by atoms with Gasteiger partial charge in [-0.3, -0.25) is 4.79 Å². The Bertz CT molecular complexity index is 1020. The largest absolute Gasteiger partial charge is 0.496 e. The van der Waals surface area contributed by atoms with Gasteiger partial charge in [-0.25, -0.2) is 8.42 Å². The molecule has 32 heavy (non-hydrogen) atoms. The van der Waals surface area contributed by atoms with Crippen molar-refractivity contribution < 1.29 is 22.7 Å². The van der Waals surface area contributed by atoms with Gasteiger partial charge in [-0.15, -0.1) is 0 Å². The van der Waals surface area contributed by atoms with E-state index in [0.29, 0.717) is 31.8 Å². The molecule has 0 aromatic heterocycles. The number of carbonyl (C=O) groups excluding carboxylic acids is 1. The number of methoxy groups -OCH3 is 2. The summed E-state index contributed by atoms with van der Waals surface area (Å²) in [5, 5.41) is 2.94. The zero-order valence-electron chi connectivity index (χ0n) is 18.8. The Morgan fingerprint density at radius 3 is 2.38 bits per heavy atom. The van der Waals surface area contributed by atoms with Crippen molar-refractivity contribution in [1.29, 1.82) is 0 Å². The van der Waals surface area contributed by atoms with Gasteiger partial charge in [-0.2, -0.15) is 4.31 Å². The maximum atomic E-state index is 12.9. The SMILES string of the molecule is COc1ccccc1CCCNC(=O)CCc1cc(S(=O)(=O)N2CCCC2)ccc1OC. The number of ether oxygens (including phenoxy) is 2. The molecule has 0 radical (unpaired) electrons. The number of nitrogens with zero attached hydrogens (tertiary/aromatic N) is 1. The lowest BCUT2D eigenvalue weighted by Crippen LogP contribution is -2.28. The predicted molar refractivity (Wildman–Crippen MR) is 124 cm³/mol. The second-order valence-corrected chi connectivity index (χ2v) is 9.79. The minimum Gasteiger partial charge on any atom is -0.496 e. The summed E-state index contributed by atoms with van der Waals surface area (Å²) < 4.78 is 38.0. The van der Waals surface area contributed by atoms with E-state index in [0.717, 1.165) is 42.6 Å². The number of amides is 1. The first-order valence-electron chi connectivity index (χ1n) is 11.0. The first-order valence-corrected chi connectivity index (χ1v) is 12.5. The van der Waals surface area contributed by atoms with Gasteiger partial charge in [0.25, 0.3) is 0 Å². The van der Waals surface area contributed by atoms with E-state index in [-0.39, 0.29) is 17.2 Å². The number of rotatable bonds is 11. The lowest BCUT2D eigenvalue weighted by Gasteiger charge is -2.17. The number of sulfonamides is 1. The fourth-order valence-electron chi connectivity index (χ4n) is 3.94. The molecule has 1 fully saturated rings.